The van der Waals surface area contributed by atoms with E-state index in [1.165, 1.54) is 12.0 Å². The van der Waals surface area contributed by atoms with Crippen molar-refractivity contribution in [3.05, 3.63) is 60.2 Å². The fourth-order valence-corrected chi connectivity index (χ4v) is 2.26. The largest absolute Gasteiger partial charge is 0.493 e. The molecular weight excluding hydrogens is 272 g/mol. The van der Waals surface area contributed by atoms with Crippen LogP contribution in [0.3, 0.4) is 0 Å². The first kappa shape index (κ1) is 16.4. The van der Waals surface area contributed by atoms with E-state index in [4.69, 9.17) is 9.47 Å². The molecule has 0 N–H and O–H groups in total. The van der Waals surface area contributed by atoms with Gasteiger partial charge in [-0.3, -0.25) is 0 Å². The molecule has 2 heteroatoms. The van der Waals surface area contributed by atoms with E-state index < -0.39 is 0 Å². The van der Waals surface area contributed by atoms with Gasteiger partial charge in [-0.15, -0.1) is 0 Å². The third-order valence-corrected chi connectivity index (χ3v) is 3.75. The summed E-state index contributed by atoms with van der Waals surface area (Å²) in [5.74, 6) is 2.59. The third-order valence-electron chi connectivity index (χ3n) is 3.75. The molecule has 0 radical (unpaired) electrons. The predicted octanol–water partition coefficient (Wildman–Crippen LogP) is 5.12. The van der Waals surface area contributed by atoms with Gasteiger partial charge in [-0.05, 0) is 42.2 Å². The van der Waals surface area contributed by atoms with E-state index in [0.717, 1.165) is 30.3 Å². The fraction of sp³-hybridized carbons (Fsp3) is 0.400. The van der Waals surface area contributed by atoms with E-state index >= 15 is 0 Å². The predicted molar refractivity (Wildman–Crippen MR) is 91.7 cm³/mol. The van der Waals surface area contributed by atoms with Gasteiger partial charge in [0.25, 0.3) is 0 Å². The summed E-state index contributed by atoms with van der Waals surface area (Å²) in [6.45, 7) is 5.88. The van der Waals surface area contributed by atoms with Gasteiger partial charge >= 0.3 is 0 Å². The van der Waals surface area contributed by atoms with E-state index in [1.54, 1.807) is 0 Å². The van der Waals surface area contributed by atoms with Crippen molar-refractivity contribution in [2.75, 3.05) is 13.2 Å². The number of hydrogen-bond donors (Lipinski definition) is 0. The Hall–Kier alpha value is -1.96. The maximum atomic E-state index is 5.82. The number of benzene rings is 2. The molecule has 2 rings (SSSR count). The van der Waals surface area contributed by atoms with Crippen LogP contribution >= 0.6 is 0 Å². The van der Waals surface area contributed by atoms with E-state index in [-0.39, 0.29) is 0 Å². The Kier molecular flexibility index (Phi) is 6.82. The summed E-state index contributed by atoms with van der Waals surface area (Å²) in [4.78, 5) is 0. The van der Waals surface area contributed by atoms with Crippen LogP contribution in [0, 0.1) is 5.92 Å². The lowest BCUT2D eigenvalue weighted by Gasteiger charge is -2.11. The molecule has 0 aromatic heterocycles. The van der Waals surface area contributed by atoms with Crippen LogP contribution in [0.25, 0.3) is 0 Å². The number of rotatable bonds is 9. The standard InChI is InChI=1S/C20H26O2/c1-3-17(2)15-18-9-7-12-20(16-18)22-14-8-13-21-19-10-5-4-6-11-19/h4-7,9-12,16-17H,3,8,13-15H2,1-2H3. The van der Waals surface area contributed by atoms with Crippen LogP contribution < -0.4 is 9.47 Å². The van der Waals surface area contributed by atoms with Crippen molar-refractivity contribution < 1.29 is 9.47 Å². The Morgan fingerprint density at radius 3 is 2.27 bits per heavy atom. The summed E-state index contributed by atoms with van der Waals surface area (Å²) < 4.78 is 11.5. The highest BCUT2D eigenvalue weighted by molar-refractivity contribution is 5.28. The minimum absolute atomic E-state index is 0.677. The summed E-state index contributed by atoms with van der Waals surface area (Å²) >= 11 is 0. The number of hydrogen-bond acceptors (Lipinski definition) is 2. The monoisotopic (exact) mass is 298 g/mol. The zero-order valence-electron chi connectivity index (χ0n) is 13.6. The van der Waals surface area contributed by atoms with Gasteiger partial charge in [0.05, 0.1) is 13.2 Å². The first-order valence-corrected chi connectivity index (χ1v) is 8.17. The van der Waals surface area contributed by atoms with Crippen LogP contribution in [0.2, 0.25) is 0 Å². The Morgan fingerprint density at radius 1 is 0.864 bits per heavy atom. The molecule has 22 heavy (non-hydrogen) atoms. The minimum Gasteiger partial charge on any atom is -0.493 e. The third kappa shape index (κ3) is 5.80. The zero-order chi connectivity index (χ0) is 15.6. The average molecular weight is 298 g/mol. The van der Waals surface area contributed by atoms with E-state index in [9.17, 15) is 0 Å². The molecule has 2 aromatic carbocycles. The quantitative estimate of drug-likeness (QED) is 0.598. The van der Waals surface area contributed by atoms with Crippen molar-refractivity contribution in [1.29, 1.82) is 0 Å². The van der Waals surface area contributed by atoms with Crippen molar-refractivity contribution in [2.45, 2.75) is 33.1 Å². The van der Waals surface area contributed by atoms with Crippen molar-refractivity contribution >= 4 is 0 Å². The highest BCUT2D eigenvalue weighted by atomic mass is 16.5. The highest BCUT2D eigenvalue weighted by Crippen LogP contribution is 2.18. The van der Waals surface area contributed by atoms with Gasteiger partial charge in [-0.25, -0.2) is 0 Å². The zero-order valence-corrected chi connectivity index (χ0v) is 13.6. The number of ether oxygens (including phenoxy) is 2. The lowest BCUT2D eigenvalue weighted by Crippen LogP contribution is -2.05. The minimum atomic E-state index is 0.677. The van der Waals surface area contributed by atoms with Gasteiger partial charge in [0, 0.05) is 6.42 Å². The molecule has 2 nitrogen and oxygen atoms in total. The second-order valence-corrected chi connectivity index (χ2v) is 5.73. The molecule has 0 fully saturated rings. The normalized spacial score (nSPS) is 11.9. The molecule has 118 valence electrons. The molecule has 0 saturated carbocycles. The van der Waals surface area contributed by atoms with Gasteiger partial charge in [0.2, 0.25) is 0 Å². The lowest BCUT2D eigenvalue weighted by molar-refractivity contribution is 0.247. The Labute approximate surface area is 134 Å². The van der Waals surface area contributed by atoms with Crippen LogP contribution in [-0.2, 0) is 6.42 Å². The van der Waals surface area contributed by atoms with Crippen molar-refractivity contribution in [2.24, 2.45) is 5.92 Å². The van der Waals surface area contributed by atoms with E-state index in [2.05, 4.69) is 32.0 Å². The molecule has 0 bridgehead atoms. The Morgan fingerprint density at radius 2 is 1.55 bits per heavy atom. The fourth-order valence-electron chi connectivity index (χ4n) is 2.26. The average Bonchev–Trinajstić information content (AvgIpc) is 2.56. The molecular formula is C20H26O2. The first-order valence-electron chi connectivity index (χ1n) is 8.17. The summed E-state index contributed by atoms with van der Waals surface area (Å²) in [6, 6.07) is 18.3. The molecule has 0 amide bonds. The molecule has 0 aliphatic carbocycles. The van der Waals surface area contributed by atoms with Gasteiger partial charge in [-0.1, -0.05) is 50.6 Å². The van der Waals surface area contributed by atoms with Gasteiger partial charge in [0.1, 0.15) is 11.5 Å². The first-order chi connectivity index (χ1) is 10.8. The van der Waals surface area contributed by atoms with Crippen LogP contribution in [0.1, 0.15) is 32.3 Å². The van der Waals surface area contributed by atoms with Crippen molar-refractivity contribution in [3.8, 4) is 11.5 Å². The molecule has 0 heterocycles. The molecule has 1 atom stereocenters. The summed E-state index contributed by atoms with van der Waals surface area (Å²) in [6.07, 6.45) is 3.21. The topological polar surface area (TPSA) is 18.5 Å². The van der Waals surface area contributed by atoms with Crippen molar-refractivity contribution in [3.63, 3.8) is 0 Å². The summed E-state index contributed by atoms with van der Waals surface area (Å²) in [5.41, 5.74) is 1.35. The van der Waals surface area contributed by atoms with Crippen LogP contribution in [0.5, 0.6) is 11.5 Å². The second kappa shape index (κ2) is 9.14. The van der Waals surface area contributed by atoms with Gasteiger partial charge in [-0.2, -0.15) is 0 Å². The smallest absolute Gasteiger partial charge is 0.119 e. The lowest BCUT2D eigenvalue weighted by atomic mass is 9.99. The van der Waals surface area contributed by atoms with Crippen molar-refractivity contribution in [1.82, 2.24) is 0 Å². The molecule has 1 unspecified atom stereocenters. The van der Waals surface area contributed by atoms with Crippen LogP contribution in [-0.4, -0.2) is 13.2 Å². The molecule has 0 aliphatic rings. The summed E-state index contributed by atoms with van der Waals surface area (Å²) in [7, 11) is 0. The molecule has 0 aliphatic heterocycles. The Balaban J connectivity index is 1.69. The maximum Gasteiger partial charge on any atom is 0.119 e. The molecule has 2 aromatic rings. The second-order valence-electron chi connectivity index (χ2n) is 5.73. The number of para-hydroxylation sites is 1. The highest BCUT2D eigenvalue weighted by Gasteiger charge is 2.02. The van der Waals surface area contributed by atoms with Gasteiger partial charge in [0.15, 0.2) is 0 Å². The Bertz CT molecular complexity index is 536. The molecule has 0 spiro atoms. The van der Waals surface area contributed by atoms with Gasteiger partial charge < -0.3 is 9.47 Å². The SMILES string of the molecule is CCC(C)Cc1cccc(OCCCOc2ccccc2)c1. The van der Waals surface area contributed by atoms with Crippen LogP contribution in [0.4, 0.5) is 0 Å². The maximum absolute atomic E-state index is 5.82. The van der Waals surface area contributed by atoms with Crippen LogP contribution in [0.15, 0.2) is 54.6 Å². The van der Waals surface area contributed by atoms with E-state index in [1.807, 2.05) is 36.4 Å². The molecule has 0 saturated heterocycles. The summed E-state index contributed by atoms with van der Waals surface area (Å²) in [5, 5.41) is 0. The van der Waals surface area contributed by atoms with E-state index in [0.29, 0.717) is 13.2 Å².